The average molecular weight is 446 g/mol. The molecular weight excluding hydrogens is 426 g/mol. The largest absolute Gasteiger partial charge is 0.493 e. The van der Waals surface area contributed by atoms with Crippen LogP contribution < -0.4 is 9.47 Å². The normalized spacial score (nSPS) is 10.9. The van der Waals surface area contributed by atoms with Crippen molar-refractivity contribution in [3.8, 4) is 17.2 Å². The van der Waals surface area contributed by atoms with Crippen molar-refractivity contribution in [3.63, 3.8) is 0 Å². The van der Waals surface area contributed by atoms with Crippen LogP contribution in [-0.4, -0.2) is 13.3 Å². The molecule has 0 amide bonds. The minimum Gasteiger partial charge on any atom is -0.493 e. The third-order valence-electron chi connectivity index (χ3n) is 4.43. The van der Waals surface area contributed by atoms with Gasteiger partial charge in [-0.05, 0) is 78.4 Å². The fraction of sp³-hybridized carbons (Fsp3) is 0.0385. The average Bonchev–Trinajstić information content (AvgIpc) is 2.81. The lowest BCUT2D eigenvalue weighted by molar-refractivity contribution is 0.379. The van der Waals surface area contributed by atoms with Gasteiger partial charge in [-0.25, -0.2) is 0 Å². The fourth-order valence-electron chi connectivity index (χ4n) is 2.84. The highest BCUT2D eigenvalue weighted by Crippen LogP contribution is 2.32. The Morgan fingerprint density at radius 1 is 0.742 bits per heavy atom. The van der Waals surface area contributed by atoms with Crippen LogP contribution >= 0.6 is 23.4 Å². The van der Waals surface area contributed by atoms with Gasteiger partial charge in [0, 0.05) is 21.0 Å². The van der Waals surface area contributed by atoms with Crippen LogP contribution in [0.5, 0.6) is 17.2 Å². The SMILES string of the molecule is COc1ccccc1Oc1ccc(N=Cc2ccc(Sc3ccc(Cl)cc3)cc2)cc1. The third-order valence-corrected chi connectivity index (χ3v) is 5.69. The van der Waals surface area contributed by atoms with Crippen molar-refractivity contribution in [1.29, 1.82) is 0 Å². The van der Waals surface area contributed by atoms with Gasteiger partial charge in [-0.15, -0.1) is 0 Å². The molecule has 0 spiro atoms. The summed E-state index contributed by atoms with van der Waals surface area (Å²) in [4.78, 5) is 6.87. The molecule has 0 heterocycles. The summed E-state index contributed by atoms with van der Waals surface area (Å²) in [5.74, 6) is 2.10. The fourth-order valence-corrected chi connectivity index (χ4v) is 3.78. The summed E-state index contributed by atoms with van der Waals surface area (Å²) in [6.07, 6.45) is 1.85. The molecule has 0 aromatic heterocycles. The zero-order chi connectivity index (χ0) is 21.5. The predicted octanol–water partition coefficient (Wildman–Crippen LogP) is 8.04. The molecule has 0 unspecified atom stereocenters. The van der Waals surface area contributed by atoms with Crippen LogP contribution in [-0.2, 0) is 0 Å². The van der Waals surface area contributed by atoms with Gasteiger partial charge in [0.25, 0.3) is 0 Å². The first-order valence-electron chi connectivity index (χ1n) is 9.68. The molecule has 0 aliphatic heterocycles. The molecule has 4 rings (SSSR count). The maximum absolute atomic E-state index is 5.94. The van der Waals surface area contributed by atoms with Gasteiger partial charge in [-0.1, -0.05) is 47.6 Å². The van der Waals surface area contributed by atoms with E-state index in [4.69, 9.17) is 21.1 Å². The van der Waals surface area contributed by atoms with Crippen LogP contribution in [0.3, 0.4) is 0 Å². The minimum absolute atomic E-state index is 0.679. The first kappa shape index (κ1) is 21.0. The molecular formula is C26H20ClNO2S. The molecule has 3 nitrogen and oxygen atoms in total. The number of rotatable bonds is 7. The van der Waals surface area contributed by atoms with E-state index in [1.807, 2.05) is 79.0 Å². The maximum Gasteiger partial charge on any atom is 0.169 e. The van der Waals surface area contributed by atoms with Gasteiger partial charge in [-0.3, -0.25) is 4.99 Å². The number of hydrogen-bond acceptors (Lipinski definition) is 4. The van der Waals surface area contributed by atoms with Crippen molar-refractivity contribution < 1.29 is 9.47 Å². The van der Waals surface area contributed by atoms with E-state index in [9.17, 15) is 0 Å². The van der Waals surface area contributed by atoms with E-state index in [0.29, 0.717) is 11.5 Å². The summed E-state index contributed by atoms with van der Waals surface area (Å²) in [5, 5.41) is 0.746. The van der Waals surface area contributed by atoms with E-state index in [0.717, 1.165) is 31.8 Å². The monoisotopic (exact) mass is 445 g/mol. The van der Waals surface area contributed by atoms with Crippen molar-refractivity contribution in [2.24, 2.45) is 4.99 Å². The zero-order valence-electron chi connectivity index (χ0n) is 16.9. The molecule has 4 aromatic rings. The smallest absolute Gasteiger partial charge is 0.169 e. The van der Waals surface area contributed by atoms with Gasteiger partial charge < -0.3 is 9.47 Å². The minimum atomic E-state index is 0.679. The summed E-state index contributed by atoms with van der Waals surface area (Å²) < 4.78 is 11.2. The van der Waals surface area contributed by atoms with Crippen LogP contribution in [0, 0.1) is 0 Å². The number of aliphatic imine (C=N–C) groups is 1. The van der Waals surface area contributed by atoms with E-state index in [2.05, 4.69) is 29.3 Å². The predicted molar refractivity (Wildman–Crippen MR) is 129 cm³/mol. The summed E-state index contributed by atoms with van der Waals surface area (Å²) in [6, 6.07) is 31.3. The Morgan fingerprint density at radius 3 is 2.00 bits per heavy atom. The van der Waals surface area contributed by atoms with Crippen molar-refractivity contribution in [1.82, 2.24) is 0 Å². The third kappa shape index (κ3) is 5.91. The molecule has 0 saturated carbocycles. The van der Waals surface area contributed by atoms with Gasteiger partial charge >= 0.3 is 0 Å². The molecule has 0 aliphatic rings. The molecule has 0 saturated heterocycles. The van der Waals surface area contributed by atoms with E-state index in [-0.39, 0.29) is 0 Å². The zero-order valence-corrected chi connectivity index (χ0v) is 18.4. The lowest BCUT2D eigenvalue weighted by Gasteiger charge is -2.09. The van der Waals surface area contributed by atoms with Crippen LogP contribution in [0.25, 0.3) is 0 Å². The van der Waals surface area contributed by atoms with Gasteiger partial charge in [0.15, 0.2) is 11.5 Å². The second-order valence-electron chi connectivity index (χ2n) is 6.63. The molecule has 5 heteroatoms. The highest BCUT2D eigenvalue weighted by molar-refractivity contribution is 7.99. The molecule has 154 valence electrons. The Bertz CT molecular complexity index is 1160. The van der Waals surface area contributed by atoms with Gasteiger partial charge in [-0.2, -0.15) is 0 Å². The standard InChI is InChI=1S/C26H20ClNO2S/c1-29-25-4-2-3-5-26(25)30-22-12-10-21(11-13-22)28-18-19-6-14-23(15-7-19)31-24-16-8-20(27)9-17-24/h2-18H,1H3. The molecule has 0 aliphatic carbocycles. The number of para-hydroxylation sites is 2. The summed E-state index contributed by atoms with van der Waals surface area (Å²) >= 11 is 7.64. The second-order valence-corrected chi connectivity index (χ2v) is 8.21. The summed E-state index contributed by atoms with van der Waals surface area (Å²) in [6.45, 7) is 0. The van der Waals surface area contributed by atoms with Crippen LogP contribution in [0.1, 0.15) is 5.56 Å². The molecule has 0 N–H and O–H groups in total. The van der Waals surface area contributed by atoms with E-state index in [1.54, 1.807) is 18.9 Å². The Balaban J connectivity index is 1.37. The molecule has 0 fully saturated rings. The van der Waals surface area contributed by atoms with E-state index < -0.39 is 0 Å². The first-order valence-corrected chi connectivity index (χ1v) is 10.9. The van der Waals surface area contributed by atoms with Crippen molar-refractivity contribution in [2.75, 3.05) is 7.11 Å². The van der Waals surface area contributed by atoms with Crippen molar-refractivity contribution >= 4 is 35.3 Å². The number of halogens is 1. The van der Waals surface area contributed by atoms with Gasteiger partial charge in [0.2, 0.25) is 0 Å². The maximum atomic E-state index is 5.94. The molecule has 0 atom stereocenters. The lowest BCUT2D eigenvalue weighted by atomic mass is 10.2. The quantitative estimate of drug-likeness (QED) is 0.269. The molecule has 4 aromatic carbocycles. The Morgan fingerprint density at radius 2 is 1.35 bits per heavy atom. The molecule has 31 heavy (non-hydrogen) atoms. The second kappa shape index (κ2) is 10.2. The topological polar surface area (TPSA) is 30.8 Å². The van der Waals surface area contributed by atoms with Crippen LogP contribution in [0.15, 0.2) is 112 Å². The van der Waals surface area contributed by atoms with E-state index in [1.165, 1.54) is 0 Å². The lowest BCUT2D eigenvalue weighted by Crippen LogP contribution is -1.89. The Kier molecular flexibility index (Phi) is 6.92. The van der Waals surface area contributed by atoms with Crippen LogP contribution in [0.4, 0.5) is 5.69 Å². The molecule has 0 radical (unpaired) electrons. The van der Waals surface area contributed by atoms with Gasteiger partial charge in [0.1, 0.15) is 5.75 Å². The Labute approximate surface area is 191 Å². The highest BCUT2D eigenvalue weighted by Gasteiger charge is 2.04. The number of hydrogen-bond donors (Lipinski definition) is 0. The Hall–Kier alpha value is -3.21. The van der Waals surface area contributed by atoms with Gasteiger partial charge in [0.05, 0.1) is 12.8 Å². The van der Waals surface area contributed by atoms with Crippen molar-refractivity contribution in [2.45, 2.75) is 9.79 Å². The number of nitrogens with zero attached hydrogens (tertiary/aromatic N) is 1. The molecule has 0 bridgehead atoms. The van der Waals surface area contributed by atoms with E-state index >= 15 is 0 Å². The summed E-state index contributed by atoms with van der Waals surface area (Å²) in [7, 11) is 1.63. The highest BCUT2D eigenvalue weighted by atomic mass is 35.5. The van der Waals surface area contributed by atoms with Crippen molar-refractivity contribution in [3.05, 3.63) is 108 Å². The number of ether oxygens (including phenoxy) is 2. The summed E-state index contributed by atoms with van der Waals surface area (Å²) in [5.41, 5.74) is 1.89. The van der Waals surface area contributed by atoms with Crippen LogP contribution in [0.2, 0.25) is 5.02 Å². The number of methoxy groups -OCH3 is 1. The first-order chi connectivity index (χ1) is 15.2. The number of benzene rings is 4.